The summed E-state index contributed by atoms with van der Waals surface area (Å²) < 4.78 is 99.9. The Morgan fingerprint density at radius 3 is 1.08 bits per heavy atom. The molecule has 145 heavy (non-hydrogen) atoms. The quantitative estimate of drug-likeness (QED) is 0.00964. The predicted octanol–water partition coefficient (Wildman–Crippen LogP) is 8.52. The minimum absolute atomic E-state index is 0. The van der Waals surface area contributed by atoms with Gasteiger partial charge in [-0.3, -0.25) is 94.5 Å². The normalized spacial score (nSPS) is 14.5. The Bertz CT molecular complexity index is 6960. The van der Waals surface area contributed by atoms with Gasteiger partial charge in [-0.2, -0.15) is 19.9 Å². The largest absolute Gasteiger partial charge is 0.383 e. The molecule has 0 fully saturated rings. The molecule has 11 aromatic heterocycles. The standard InChI is InChI=1S/C22H36N5O5P.2C11H16N5O3P.C11H16N5O2P.C11H17N2O4P.C10H16N3O3P.C10H15N2O4P.CH4/c1-2-3-4-5-6-7-8-11-14-31-15-16-32-33(29,30)17-12-9-10-13-27-18-24-19-20(27)25-22(23)26-21(19)28;2*1-20(18,19)6-4-2-3-5-16-7-13-8-9(16)14-11(12)15-10(8)17;1-19(17,18)6-4-2-3-5-16-8-15-9-10(12)13-7-14-11(9)16;1-9-8-13(11(15)12-10(9)14)6-4-3-5-7-18(2,16)17;1-17(15,16)8-4-2-3-6-13-7-5-9(11)12-10(13)14;1-17(15,16)8-4-2-3-6-12-7-5-9(13)11-10(12)14;/h2,9-10,18H,1,3-8,11-17H2,(H,29,30)(H3,23,25,26,28);2*2-3,7H,4-6H2,1H3,(H,18,19)(H3,12,14,15,17);2-3,7-8H,4-6H2,1H3,(H,17,18)(H2,12,13,14);3-4,8H,5-7H2,1-2H3,(H,16,17)(H,12,14,15);2-3,5,7H,4,6,8H2,1H3,(H,15,16)(H2,11,12,14);2-3,5,7H,4,6,8H2,1H3,(H,15,16)(H,11,13,14);1H4/b10-9-;3*3-2-;4-3-;2*3-2-;. The van der Waals surface area contributed by atoms with E-state index in [0.29, 0.717) is 150 Å². The molecule has 7 unspecified atom stereocenters. The number of aromatic amines is 5. The van der Waals surface area contributed by atoms with Crippen molar-refractivity contribution in [2.45, 2.75) is 150 Å². The van der Waals surface area contributed by atoms with Crippen molar-refractivity contribution in [3.05, 3.63) is 249 Å². The van der Waals surface area contributed by atoms with Gasteiger partial charge in [-0.1, -0.05) is 124 Å². The molecule has 0 aromatic carbocycles. The minimum Gasteiger partial charge on any atom is -0.383 e. The summed E-state index contributed by atoms with van der Waals surface area (Å²) in [5.41, 5.74) is 28.0. The van der Waals surface area contributed by atoms with Gasteiger partial charge >= 0.3 is 24.7 Å². The van der Waals surface area contributed by atoms with E-state index in [1.807, 2.05) is 53.2 Å². The van der Waals surface area contributed by atoms with Gasteiger partial charge in [0.05, 0.1) is 44.7 Å². The summed E-state index contributed by atoms with van der Waals surface area (Å²) in [6.45, 7) is 17.4. The lowest BCUT2D eigenvalue weighted by Gasteiger charge is -2.11. The van der Waals surface area contributed by atoms with Crippen LogP contribution < -0.4 is 73.5 Å². The SMILES string of the molecule is C.C=CCCCCCCCCOCCOP(=O)(O)CC/C=C\Cn1cnc2c(=O)[nH]c(N)nc21.CP(=O)(O)CC/C=C\Cn1ccc(=O)[nH]c1=O.CP(=O)(O)CC/C=C\Cn1ccc(N)nc1=O.CP(=O)(O)CC/C=C\Cn1cnc2c(=O)[nH]c(N)nc21.CP(=O)(O)CC/C=C\Cn1cnc2c(=O)[nH]c(N)nc21.CP(=O)(O)CC/C=C\Cn1cnc2c(N)ncnc21.Cc1cn(C/C=C\CCP(C)(=O)O)c(=O)[nH]c1=O. The van der Waals surface area contributed by atoms with Gasteiger partial charge in [0, 0.05) is 160 Å². The minimum atomic E-state index is -3.66. The maximum absolute atomic E-state index is 12.1. The molecule has 58 heteroatoms. The molecule has 11 aromatic rings. The van der Waals surface area contributed by atoms with Gasteiger partial charge in [0.2, 0.25) is 17.8 Å². The number of ether oxygens (including phenoxy) is 1. The third-order valence-electron chi connectivity index (χ3n) is 19.5. The summed E-state index contributed by atoms with van der Waals surface area (Å²) in [5.74, 6) is 0.665. The first-order chi connectivity index (χ1) is 67.7. The average molecular weight is 2160 g/mol. The van der Waals surface area contributed by atoms with Crippen LogP contribution >= 0.6 is 51.8 Å². The zero-order chi connectivity index (χ0) is 107. The monoisotopic (exact) mass is 2160 g/mol. The van der Waals surface area contributed by atoms with Gasteiger partial charge in [0.15, 0.2) is 89.2 Å². The molecule has 22 N–H and O–H groups in total. The number of fused-ring (bicyclic) bond motifs is 4. The highest BCUT2D eigenvalue weighted by molar-refractivity contribution is 7.58. The number of H-pyrrole nitrogens is 5. The molecular weight excluding hydrogens is 2020 g/mol. The van der Waals surface area contributed by atoms with Crippen LogP contribution in [-0.2, 0) is 87.0 Å². The summed E-state index contributed by atoms with van der Waals surface area (Å²) in [5, 5.41) is 0. The van der Waals surface area contributed by atoms with E-state index in [1.165, 1.54) is 123 Å². The third kappa shape index (κ3) is 52.6. The van der Waals surface area contributed by atoms with E-state index in [1.54, 1.807) is 81.7 Å². The van der Waals surface area contributed by atoms with Crippen LogP contribution in [0.1, 0.15) is 103 Å². The van der Waals surface area contributed by atoms with Gasteiger partial charge in [0.1, 0.15) is 17.7 Å². The fraction of sp³-hybridized carbons (Fsp3) is 0.448. The lowest BCUT2D eigenvalue weighted by molar-refractivity contribution is 0.0926. The molecule has 0 spiro atoms. The van der Waals surface area contributed by atoms with Crippen molar-refractivity contribution < 1.29 is 75.5 Å². The van der Waals surface area contributed by atoms with Gasteiger partial charge in [-0.05, 0) is 77.2 Å². The fourth-order valence-electron chi connectivity index (χ4n) is 12.1. The molecule has 0 saturated carbocycles. The Kier molecular flexibility index (Phi) is 54.2. The molecule has 0 aliphatic carbocycles. The second kappa shape index (κ2) is 62.8. The van der Waals surface area contributed by atoms with Crippen LogP contribution in [0.2, 0.25) is 0 Å². The van der Waals surface area contributed by atoms with Crippen LogP contribution in [0.5, 0.6) is 0 Å². The molecule has 11 heterocycles. The molecule has 7 atom stereocenters. The number of nitrogens with one attached hydrogen (secondary N) is 5. The summed E-state index contributed by atoms with van der Waals surface area (Å²) in [7, 11) is -21.4. The number of anilines is 5. The number of hydrogen-bond acceptors (Lipinski definition) is 32. The number of imidazole rings is 4. The maximum Gasteiger partial charge on any atom is 0.349 e. The fourth-order valence-corrected chi connectivity index (χ4v) is 16.9. The third-order valence-corrected chi connectivity index (χ3v) is 27.4. The Hall–Kier alpha value is -12.0. The van der Waals surface area contributed by atoms with Gasteiger partial charge in [0.25, 0.3) is 27.8 Å². The summed E-state index contributed by atoms with van der Waals surface area (Å²) in [6.07, 6.45) is 52.2. The maximum atomic E-state index is 12.1. The number of aryl methyl sites for hydroxylation is 1. The number of nitrogen functional groups attached to an aromatic ring is 5. The molecule has 0 aliphatic rings. The number of unbranched alkanes of at least 4 members (excludes halogenated alkanes) is 6. The van der Waals surface area contributed by atoms with E-state index in [2.05, 4.69) is 81.3 Å². The molecule has 798 valence electrons. The Morgan fingerprint density at radius 2 is 0.697 bits per heavy atom. The van der Waals surface area contributed by atoms with Crippen molar-refractivity contribution in [1.82, 2.24) is 107 Å². The van der Waals surface area contributed by atoms with Crippen LogP contribution in [0.3, 0.4) is 0 Å². The molecular formula is C87H136N27O24P7. The highest BCUT2D eigenvalue weighted by Crippen LogP contribution is 2.43. The first-order valence-electron chi connectivity index (χ1n) is 45.1. The molecule has 51 nitrogen and oxygen atoms in total. The van der Waals surface area contributed by atoms with Crippen molar-refractivity contribution in [2.75, 3.05) is 132 Å². The predicted molar refractivity (Wildman–Crippen MR) is 568 cm³/mol. The first-order valence-corrected chi connectivity index (χ1v) is 60.6. The van der Waals surface area contributed by atoms with E-state index in [-0.39, 0.29) is 108 Å². The number of nitrogens with two attached hydrogens (primary N) is 5. The average Bonchev–Trinajstić information content (AvgIpc) is 1.66. The zero-order valence-corrected chi connectivity index (χ0v) is 87.5. The second-order valence-electron chi connectivity index (χ2n) is 33.1. The zero-order valence-electron chi connectivity index (χ0n) is 81.3. The van der Waals surface area contributed by atoms with E-state index in [0.717, 1.165) is 19.3 Å². The lowest BCUT2D eigenvalue weighted by Crippen LogP contribution is -2.30. The van der Waals surface area contributed by atoms with Crippen LogP contribution in [0.4, 0.5) is 29.5 Å². The Morgan fingerprint density at radius 1 is 0.359 bits per heavy atom. The van der Waals surface area contributed by atoms with Gasteiger partial charge in [-0.25, -0.2) is 44.3 Å². The molecule has 11 rings (SSSR count). The lowest BCUT2D eigenvalue weighted by atomic mass is 10.1. The molecule has 0 radical (unpaired) electrons. The van der Waals surface area contributed by atoms with E-state index < -0.39 is 80.0 Å². The highest BCUT2D eigenvalue weighted by atomic mass is 31.2. The summed E-state index contributed by atoms with van der Waals surface area (Å²) >= 11 is 0. The first kappa shape index (κ1) is 125. The van der Waals surface area contributed by atoms with Crippen molar-refractivity contribution in [2.24, 2.45) is 0 Å². The van der Waals surface area contributed by atoms with Crippen LogP contribution in [-0.4, -0.2) is 244 Å². The number of aromatic nitrogens is 22. The van der Waals surface area contributed by atoms with E-state index in [9.17, 15) is 75.2 Å². The second-order valence-corrected chi connectivity index (χ2v) is 50.4. The van der Waals surface area contributed by atoms with Crippen LogP contribution in [0.25, 0.3) is 44.7 Å². The van der Waals surface area contributed by atoms with E-state index in [4.69, 9.17) is 67.3 Å². The summed E-state index contributed by atoms with van der Waals surface area (Å²) in [4.78, 5) is 207. The van der Waals surface area contributed by atoms with Crippen molar-refractivity contribution >= 4 is 126 Å². The molecule has 0 bridgehead atoms. The van der Waals surface area contributed by atoms with Crippen molar-refractivity contribution in [3.63, 3.8) is 0 Å². The van der Waals surface area contributed by atoms with Gasteiger partial charge in [-0.15, -0.1) is 6.58 Å². The topological polar surface area (TPSA) is 789 Å². The number of allylic oxidation sites excluding steroid dienone is 15. The van der Waals surface area contributed by atoms with Crippen LogP contribution in [0.15, 0.2) is 198 Å². The smallest absolute Gasteiger partial charge is 0.349 e. The Labute approximate surface area is 834 Å². The number of nitrogens with zero attached hydrogens (tertiary/aromatic N) is 17. The van der Waals surface area contributed by atoms with Crippen molar-refractivity contribution in [3.8, 4) is 0 Å². The number of hydrogen-bond donors (Lipinski definition) is 17. The molecule has 0 aliphatic heterocycles. The number of rotatable bonds is 48. The van der Waals surface area contributed by atoms with E-state index >= 15 is 0 Å². The van der Waals surface area contributed by atoms with Gasteiger partial charge < -0.3 is 90.5 Å². The summed E-state index contributed by atoms with van der Waals surface area (Å²) in [6, 6.07) is 2.81. The Balaban J connectivity index is 0.000000357. The highest BCUT2D eigenvalue weighted by Gasteiger charge is 2.20. The van der Waals surface area contributed by atoms with Crippen molar-refractivity contribution in [1.29, 1.82) is 0 Å². The van der Waals surface area contributed by atoms with Crippen LogP contribution in [0, 0.1) is 6.92 Å². The molecule has 0 saturated heterocycles. The molecule has 0 amide bonds.